The smallest absolute Gasteiger partial charge is 0.137 e. The van der Waals surface area contributed by atoms with Gasteiger partial charge in [-0.1, -0.05) is 17.7 Å². The summed E-state index contributed by atoms with van der Waals surface area (Å²) in [6.45, 7) is 1.70. The van der Waals surface area contributed by atoms with Crippen molar-refractivity contribution in [3.63, 3.8) is 0 Å². The highest BCUT2D eigenvalue weighted by Gasteiger charge is 2.05. The minimum Gasteiger partial charge on any atom is -0.495 e. The number of methoxy groups -OCH3 is 1. The Balaban J connectivity index is 3.05. The van der Waals surface area contributed by atoms with Gasteiger partial charge in [-0.05, 0) is 24.6 Å². The molecule has 66 valence electrons. The molecule has 0 saturated heterocycles. The standard InChI is InChI=1S/C9H11ClO2/c1-6(11)7-3-4-8(10)9(5-7)12-2/h3-6,11H,1-2H3/t6-/m0/s1. The Bertz CT molecular complexity index is 271. The van der Waals surface area contributed by atoms with Gasteiger partial charge in [0.25, 0.3) is 0 Å². The summed E-state index contributed by atoms with van der Waals surface area (Å²) < 4.78 is 4.99. The first-order chi connectivity index (χ1) is 5.65. The minimum atomic E-state index is -0.490. The lowest BCUT2D eigenvalue weighted by Gasteiger charge is -2.07. The molecule has 0 amide bonds. The average Bonchev–Trinajstić information content (AvgIpc) is 2.05. The van der Waals surface area contributed by atoms with Crippen LogP contribution in [0.2, 0.25) is 5.02 Å². The lowest BCUT2D eigenvalue weighted by molar-refractivity contribution is 0.199. The molecule has 1 aromatic rings. The van der Waals surface area contributed by atoms with E-state index in [1.807, 2.05) is 0 Å². The topological polar surface area (TPSA) is 29.5 Å². The summed E-state index contributed by atoms with van der Waals surface area (Å²) in [7, 11) is 1.55. The fourth-order valence-electron chi connectivity index (χ4n) is 0.936. The SMILES string of the molecule is COc1cc([C@H](C)O)ccc1Cl. The second-order valence-electron chi connectivity index (χ2n) is 2.57. The van der Waals surface area contributed by atoms with Gasteiger partial charge >= 0.3 is 0 Å². The summed E-state index contributed by atoms with van der Waals surface area (Å²) >= 11 is 5.79. The summed E-state index contributed by atoms with van der Waals surface area (Å²) in [6.07, 6.45) is -0.490. The van der Waals surface area contributed by atoms with Crippen LogP contribution in [0.5, 0.6) is 5.75 Å². The van der Waals surface area contributed by atoms with Gasteiger partial charge in [-0.15, -0.1) is 0 Å². The second kappa shape index (κ2) is 3.78. The molecular formula is C9H11ClO2. The molecule has 0 heterocycles. The molecule has 0 aliphatic heterocycles. The van der Waals surface area contributed by atoms with E-state index in [0.29, 0.717) is 10.8 Å². The van der Waals surface area contributed by atoms with Gasteiger partial charge < -0.3 is 9.84 Å². The molecule has 0 radical (unpaired) electrons. The van der Waals surface area contributed by atoms with E-state index in [-0.39, 0.29) is 0 Å². The van der Waals surface area contributed by atoms with Crippen LogP contribution >= 0.6 is 11.6 Å². The molecule has 0 saturated carbocycles. The first-order valence-electron chi connectivity index (χ1n) is 3.66. The predicted octanol–water partition coefficient (Wildman–Crippen LogP) is 2.40. The lowest BCUT2D eigenvalue weighted by atomic mass is 10.1. The Morgan fingerprint density at radius 1 is 1.50 bits per heavy atom. The molecule has 0 aliphatic carbocycles. The molecule has 0 fully saturated rings. The first-order valence-corrected chi connectivity index (χ1v) is 4.04. The Morgan fingerprint density at radius 3 is 2.67 bits per heavy atom. The van der Waals surface area contributed by atoms with Gasteiger partial charge in [0.15, 0.2) is 0 Å². The van der Waals surface area contributed by atoms with E-state index in [4.69, 9.17) is 16.3 Å². The summed E-state index contributed by atoms with van der Waals surface area (Å²) in [6, 6.07) is 5.21. The third-order valence-electron chi connectivity index (χ3n) is 1.66. The van der Waals surface area contributed by atoms with Gasteiger partial charge in [-0.3, -0.25) is 0 Å². The van der Waals surface area contributed by atoms with Crippen LogP contribution in [0.1, 0.15) is 18.6 Å². The van der Waals surface area contributed by atoms with Gasteiger partial charge in [-0.2, -0.15) is 0 Å². The van der Waals surface area contributed by atoms with Crippen molar-refractivity contribution in [1.29, 1.82) is 0 Å². The Labute approximate surface area is 76.7 Å². The number of hydrogen-bond acceptors (Lipinski definition) is 2. The maximum absolute atomic E-state index is 9.24. The molecule has 1 aromatic carbocycles. The normalized spacial score (nSPS) is 12.7. The Hall–Kier alpha value is -0.730. The molecule has 12 heavy (non-hydrogen) atoms. The van der Waals surface area contributed by atoms with Crippen LogP contribution in [0.3, 0.4) is 0 Å². The van der Waals surface area contributed by atoms with Gasteiger partial charge in [0.05, 0.1) is 18.2 Å². The zero-order chi connectivity index (χ0) is 9.14. The molecule has 0 unspecified atom stereocenters. The summed E-state index contributed by atoms with van der Waals surface area (Å²) in [5.41, 5.74) is 0.802. The van der Waals surface area contributed by atoms with Gasteiger partial charge in [0.2, 0.25) is 0 Å². The first kappa shape index (κ1) is 9.36. The maximum atomic E-state index is 9.24. The molecule has 1 rings (SSSR count). The van der Waals surface area contributed by atoms with E-state index < -0.39 is 6.10 Å². The van der Waals surface area contributed by atoms with Crippen molar-refractivity contribution >= 4 is 11.6 Å². The molecule has 2 nitrogen and oxygen atoms in total. The van der Waals surface area contributed by atoms with Gasteiger partial charge in [0, 0.05) is 0 Å². The van der Waals surface area contributed by atoms with Gasteiger partial charge in [0.1, 0.15) is 5.75 Å². The largest absolute Gasteiger partial charge is 0.495 e. The van der Waals surface area contributed by atoms with Crippen molar-refractivity contribution in [3.8, 4) is 5.75 Å². The van der Waals surface area contributed by atoms with E-state index in [9.17, 15) is 5.11 Å². The van der Waals surface area contributed by atoms with Crippen LogP contribution < -0.4 is 4.74 Å². The van der Waals surface area contributed by atoms with Crippen LogP contribution in [0.25, 0.3) is 0 Å². The van der Waals surface area contributed by atoms with Crippen LogP contribution in [0.4, 0.5) is 0 Å². The average molecular weight is 187 g/mol. The molecular weight excluding hydrogens is 176 g/mol. The summed E-state index contributed by atoms with van der Waals surface area (Å²) in [5.74, 6) is 0.593. The van der Waals surface area contributed by atoms with Gasteiger partial charge in [-0.25, -0.2) is 0 Å². The fraction of sp³-hybridized carbons (Fsp3) is 0.333. The lowest BCUT2D eigenvalue weighted by Crippen LogP contribution is -1.92. The number of aliphatic hydroxyl groups is 1. The number of hydrogen-bond donors (Lipinski definition) is 1. The maximum Gasteiger partial charge on any atom is 0.137 e. The van der Waals surface area contributed by atoms with Crippen molar-refractivity contribution in [3.05, 3.63) is 28.8 Å². The van der Waals surface area contributed by atoms with Crippen molar-refractivity contribution < 1.29 is 9.84 Å². The number of ether oxygens (including phenoxy) is 1. The van der Waals surface area contributed by atoms with E-state index in [0.717, 1.165) is 5.56 Å². The number of benzene rings is 1. The van der Waals surface area contributed by atoms with Crippen LogP contribution in [-0.4, -0.2) is 12.2 Å². The quantitative estimate of drug-likeness (QED) is 0.769. The van der Waals surface area contributed by atoms with Crippen LogP contribution in [0.15, 0.2) is 18.2 Å². The molecule has 0 aromatic heterocycles. The highest BCUT2D eigenvalue weighted by Crippen LogP contribution is 2.27. The van der Waals surface area contributed by atoms with Crippen molar-refractivity contribution in [2.75, 3.05) is 7.11 Å². The molecule has 1 atom stereocenters. The Kier molecular flexibility index (Phi) is 2.95. The highest BCUT2D eigenvalue weighted by atomic mass is 35.5. The molecule has 0 aliphatic rings. The molecule has 0 spiro atoms. The minimum absolute atomic E-state index is 0.490. The van der Waals surface area contributed by atoms with E-state index >= 15 is 0 Å². The summed E-state index contributed by atoms with van der Waals surface area (Å²) in [4.78, 5) is 0. The van der Waals surface area contributed by atoms with Crippen molar-refractivity contribution in [2.45, 2.75) is 13.0 Å². The van der Waals surface area contributed by atoms with E-state index in [2.05, 4.69) is 0 Å². The van der Waals surface area contributed by atoms with Crippen molar-refractivity contribution in [2.24, 2.45) is 0 Å². The number of rotatable bonds is 2. The van der Waals surface area contributed by atoms with Crippen molar-refractivity contribution in [1.82, 2.24) is 0 Å². The fourth-order valence-corrected chi connectivity index (χ4v) is 1.13. The highest BCUT2D eigenvalue weighted by molar-refractivity contribution is 6.32. The monoisotopic (exact) mass is 186 g/mol. The van der Waals surface area contributed by atoms with E-state index in [1.54, 1.807) is 32.2 Å². The second-order valence-corrected chi connectivity index (χ2v) is 2.98. The van der Waals surface area contributed by atoms with E-state index in [1.165, 1.54) is 0 Å². The molecule has 3 heteroatoms. The van der Waals surface area contributed by atoms with Crippen LogP contribution in [0, 0.1) is 0 Å². The number of halogens is 1. The zero-order valence-corrected chi connectivity index (χ0v) is 7.80. The molecule has 1 N–H and O–H groups in total. The molecule has 0 bridgehead atoms. The third-order valence-corrected chi connectivity index (χ3v) is 1.97. The Morgan fingerprint density at radius 2 is 2.17 bits per heavy atom. The third kappa shape index (κ3) is 1.90. The zero-order valence-electron chi connectivity index (χ0n) is 7.04. The van der Waals surface area contributed by atoms with Crippen LogP contribution in [-0.2, 0) is 0 Å². The predicted molar refractivity (Wildman–Crippen MR) is 48.6 cm³/mol. The summed E-state index contributed by atoms with van der Waals surface area (Å²) in [5, 5.41) is 9.79. The number of aliphatic hydroxyl groups excluding tert-OH is 1.